The molecule has 2 heterocycles. The molecule has 2 fully saturated rings. The normalized spacial score (nSPS) is 20.2. The summed E-state index contributed by atoms with van der Waals surface area (Å²) in [5, 5.41) is 3.71. The van der Waals surface area contributed by atoms with Gasteiger partial charge in [-0.25, -0.2) is 9.97 Å². The van der Waals surface area contributed by atoms with E-state index in [4.69, 9.17) is 4.74 Å². The molecule has 110 valence electrons. The molecule has 3 rings (SSSR count). The van der Waals surface area contributed by atoms with E-state index in [1.807, 2.05) is 6.92 Å². The first-order chi connectivity index (χ1) is 9.78. The highest BCUT2D eigenvalue weighted by molar-refractivity contribution is 5.50. The SMILES string of the molecule is COc1ncnc(N2CCC(NCC3CC3)CC2)c1C. The molecule has 1 saturated carbocycles. The molecule has 5 heteroatoms. The highest BCUT2D eigenvalue weighted by Gasteiger charge is 2.25. The Morgan fingerprint density at radius 1 is 1.25 bits per heavy atom. The minimum Gasteiger partial charge on any atom is -0.481 e. The zero-order valence-electron chi connectivity index (χ0n) is 12.4. The van der Waals surface area contributed by atoms with E-state index in [0.29, 0.717) is 11.9 Å². The molecule has 1 N–H and O–H groups in total. The maximum atomic E-state index is 5.28. The third kappa shape index (κ3) is 3.03. The summed E-state index contributed by atoms with van der Waals surface area (Å²) in [6.07, 6.45) is 6.83. The Hall–Kier alpha value is -1.36. The van der Waals surface area contributed by atoms with Crippen LogP contribution in [0.5, 0.6) is 5.88 Å². The lowest BCUT2D eigenvalue weighted by Crippen LogP contribution is -2.43. The Kier molecular flexibility index (Phi) is 4.05. The van der Waals surface area contributed by atoms with Gasteiger partial charge in [-0.05, 0) is 45.1 Å². The summed E-state index contributed by atoms with van der Waals surface area (Å²) in [5.41, 5.74) is 1.04. The Bertz CT molecular complexity index is 453. The molecular weight excluding hydrogens is 252 g/mol. The van der Waals surface area contributed by atoms with Gasteiger partial charge in [-0.15, -0.1) is 0 Å². The summed E-state index contributed by atoms with van der Waals surface area (Å²) < 4.78 is 5.28. The van der Waals surface area contributed by atoms with Crippen LogP contribution in [0.1, 0.15) is 31.2 Å². The van der Waals surface area contributed by atoms with E-state index in [1.54, 1.807) is 13.4 Å². The molecule has 0 bridgehead atoms. The lowest BCUT2D eigenvalue weighted by molar-refractivity contribution is 0.390. The predicted octanol–water partition coefficient (Wildman–Crippen LogP) is 1.76. The van der Waals surface area contributed by atoms with E-state index in [2.05, 4.69) is 20.2 Å². The average Bonchev–Trinajstić information content (AvgIpc) is 3.30. The van der Waals surface area contributed by atoms with Crippen LogP contribution in [0.25, 0.3) is 0 Å². The third-order valence-electron chi connectivity index (χ3n) is 4.39. The number of rotatable bonds is 5. The lowest BCUT2D eigenvalue weighted by atomic mass is 10.0. The van der Waals surface area contributed by atoms with Gasteiger partial charge in [0, 0.05) is 19.1 Å². The van der Waals surface area contributed by atoms with Crippen LogP contribution in [0, 0.1) is 12.8 Å². The van der Waals surface area contributed by atoms with Crippen molar-refractivity contribution in [2.75, 3.05) is 31.6 Å². The van der Waals surface area contributed by atoms with Gasteiger partial charge in [-0.2, -0.15) is 0 Å². The Morgan fingerprint density at radius 3 is 2.65 bits per heavy atom. The number of nitrogens with one attached hydrogen (secondary N) is 1. The van der Waals surface area contributed by atoms with Gasteiger partial charge in [0.1, 0.15) is 12.1 Å². The molecule has 0 atom stereocenters. The first-order valence-corrected chi connectivity index (χ1v) is 7.62. The van der Waals surface area contributed by atoms with Crippen molar-refractivity contribution in [1.82, 2.24) is 15.3 Å². The largest absolute Gasteiger partial charge is 0.481 e. The number of ether oxygens (including phenoxy) is 1. The van der Waals surface area contributed by atoms with Crippen LogP contribution < -0.4 is 15.0 Å². The summed E-state index contributed by atoms with van der Waals surface area (Å²) >= 11 is 0. The molecule has 1 aromatic heterocycles. The quantitative estimate of drug-likeness (QED) is 0.888. The molecule has 1 saturated heterocycles. The van der Waals surface area contributed by atoms with Crippen molar-refractivity contribution < 1.29 is 4.74 Å². The molecule has 1 aromatic rings. The van der Waals surface area contributed by atoms with Crippen LogP contribution >= 0.6 is 0 Å². The molecule has 0 spiro atoms. The smallest absolute Gasteiger partial charge is 0.221 e. The fourth-order valence-electron chi connectivity index (χ4n) is 2.90. The standard InChI is InChI=1S/C15H24N4O/c1-11-14(17-10-18-15(11)20-2)19-7-5-13(6-8-19)16-9-12-3-4-12/h10,12-13,16H,3-9H2,1-2H3. The zero-order valence-corrected chi connectivity index (χ0v) is 12.4. The molecule has 0 radical (unpaired) electrons. The second-order valence-corrected chi connectivity index (χ2v) is 5.94. The number of hydrogen-bond acceptors (Lipinski definition) is 5. The minimum atomic E-state index is 0.677. The van der Waals surface area contributed by atoms with E-state index in [1.165, 1.54) is 32.2 Å². The minimum absolute atomic E-state index is 0.677. The monoisotopic (exact) mass is 276 g/mol. The zero-order chi connectivity index (χ0) is 13.9. The van der Waals surface area contributed by atoms with Gasteiger partial charge < -0.3 is 15.0 Å². The number of aromatic nitrogens is 2. The molecule has 20 heavy (non-hydrogen) atoms. The topological polar surface area (TPSA) is 50.3 Å². The first-order valence-electron chi connectivity index (χ1n) is 7.62. The van der Waals surface area contributed by atoms with Crippen LogP contribution in [-0.4, -0.2) is 42.8 Å². The first kappa shape index (κ1) is 13.6. The molecule has 5 nitrogen and oxygen atoms in total. The fraction of sp³-hybridized carbons (Fsp3) is 0.733. The number of piperidine rings is 1. The van der Waals surface area contributed by atoms with Crippen molar-refractivity contribution >= 4 is 5.82 Å². The van der Waals surface area contributed by atoms with Gasteiger partial charge in [0.15, 0.2) is 0 Å². The van der Waals surface area contributed by atoms with Gasteiger partial charge >= 0.3 is 0 Å². The van der Waals surface area contributed by atoms with Crippen LogP contribution in [-0.2, 0) is 0 Å². The van der Waals surface area contributed by atoms with Crippen LogP contribution in [0.3, 0.4) is 0 Å². The highest BCUT2D eigenvalue weighted by Crippen LogP contribution is 2.29. The summed E-state index contributed by atoms with van der Waals surface area (Å²) in [6, 6.07) is 0.677. The number of methoxy groups -OCH3 is 1. The van der Waals surface area contributed by atoms with Gasteiger partial charge in [0.2, 0.25) is 5.88 Å². The molecule has 0 aromatic carbocycles. The van der Waals surface area contributed by atoms with Crippen molar-refractivity contribution in [2.24, 2.45) is 5.92 Å². The average molecular weight is 276 g/mol. The van der Waals surface area contributed by atoms with E-state index < -0.39 is 0 Å². The summed E-state index contributed by atoms with van der Waals surface area (Å²) in [4.78, 5) is 10.9. The van der Waals surface area contributed by atoms with Gasteiger partial charge in [0.05, 0.1) is 12.7 Å². The van der Waals surface area contributed by atoms with Crippen molar-refractivity contribution in [3.05, 3.63) is 11.9 Å². The van der Waals surface area contributed by atoms with Gasteiger partial charge in [0.25, 0.3) is 0 Å². The summed E-state index contributed by atoms with van der Waals surface area (Å²) in [6.45, 7) is 5.36. The molecule has 0 unspecified atom stereocenters. The molecular formula is C15H24N4O. The van der Waals surface area contributed by atoms with Crippen molar-refractivity contribution in [3.63, 3.8) is 0 Å². The van der Waals surface area contributed by atoms with Gasteiger partial charge in [-0.3, -0.25) is 0 Å². The van der Waals surface area contributed by atoms with Crippen molar-refractivity contribution in [2.45, 2.75) is 38.6 Å². The third-order valence-corrected chi connectivity index (χ3v) is 4.39. The summed E-state index contributed by atoms with van der Waals surface area (Å²) in [7, 11) is 1.66. The maximum Gasteiger partial charge on any atom is 0.221 e. The van der Waals surface area contributed by atoms with E-state index in [9.17, 15) is 0 Å². The maximum absolute atomic E-state index is 5.28. The Morgan fingerprint density at radius 2 is 2.00 bits per heavy atom. The van der Waals surface area contributed by atoms with E-state index in [0.717, 1.165) is 30.4 Å². The molecule has 2 aliphatic rings. The van der Waals surface area contributed by atoms with Gasteiger partial charge in [-0.1, -0.05) is 0 Å². The second-order valence-electron chi connectivity index (χ2n) is 5.94. The lowest BCUT2D eigenvalue weighted by Gasteiger charge is -2.34. The number of nitrogens with zero attached hydrogens (tertiary/aromatic N) is 3. The van der Waals surface area contributed by atoms with Crippen molar-refractivity contribution in [1.29, 1.82) is 0 Å². The van der Waals surface area contributed by atoms with Crippen LogP contribution in [0.2, 0.25) is 0 Å². The Balaban J connectivity index is 1.57. The van der Waals surface area contributed by atoms with E-state index in [-0.39, 0.29) is 0 Å². The predicted molar refractivity (Wildman–Crippen MR) is 79.3 cm³/mol. The highest BCUT2D eigenvalue weighted by atomic mass is 16.5. The number of hydrogen-bond donors (Lipinski definition) is 1. The second kappa shape index (κ2) is 5.95. The van der Waals surface area contributed by atoms with Crippen LogP contribution in [0.15, 0.2) is 6.33 Å². The van der Waals surface area contributed by atoms with E-state index >= 15 is 0 Å². The number of anilines is 1. The molecule has 0 amide bonds. The Labute approximate surface area is 120 Å². The fourth-order valence-corrected chi connectivity index (χ4v) is 2.90. The summed E-state index contributed by atoms with van der Waals surface area (Å²) in [5.74, 6) is 2.67. The molecule has 1 aliphatic carbocycles. The van der Waals surface area contributed by atoms with Crippen molar-refractivity contribution in [3.8, 4) is 5.88 Å². The van der Waals surface area contributed by atoms with Crippen LogP contribution in [0.4, 0.5) is 5.82 Å². The molecule has 1 aliphatic heterocycles.